The van der Waals surface area contributed by atoms with Crippen LogP contribution in [0.5, 0.6) is 0 Å². The summed E-state index contributed by atoms with van der Waals surface area (Å²) in [6, 6.07) is 33.0. The number of benzene rings is 3. The zero-order valence-electron chi connectivity index (χ0n) is 14.3. The van der Waals surface area contributed by atoms with Crippen molar-refractivity contribution >= 4 is 31.0 Å². The van der Waals surface area contributed by atoms with Gasteiger partial charge in [0.05, 0.1) is 0 Å². The molecule has 3 rings (SSSR count). The Hall–Kier alpha value is -2.17. The molecule has 0 nitrogen and oxygen atoms in total. The normalized spacial score (nSPS) is 10.9. The Morgan fingerprint density at radius 3 is 1.21 bits per heavy atom. The topological polar surface area (TPSA) is 0 Å². The molecule has 0 saturated heterocycles. The van der Waals surface area contributed by atoms with Gasteiger partial charge in [-0.25, -0.2) is 0 Å². The van der Waals surface area contributed by atoms with Gasteiger partial charge in [0.15, 0.2) is 0 Å². The van der Waals surface area contributed by atoms with Crippen LogP contribution < -0.4 is 13.1 Å². The van der Waals surface area contributed by atoms with Crippen molar-refractivity contribution in [1.29, 1.82) is 0 Å². The summed E-state index contributed by atoms with van der Waals surface area (Å²) < 4.78 is 4.35. The van der Waals surface area contributed by atoms with Crippen LogP contribution in [0, 0.1) is 0 Å². The molecule has 0 aliphatic rings. The van der Waals surface area contributed by atoms with E-state index in [-0.39, 0.29) is 0 Å². The Morgan fingerprint density at radius 1 is 0.583 bits per heavy atom. The first-order chi connectivity index (χ1) is 11.7. The fraction of sp³-hybridized carbons (Fsp3) is 0.0870. The molecule has 0 N–H and O–H groups in total. The van der Waals surface area contributed by atoms with Crippen LogP contribution in [0.15, 0.2) is 103 Å². The molecule has 0 spiro atoms. The number of hydrogen-bond donors (Lipinski definition) is 0. The summed E-state index contributed by atoms with van der Waals surface area (Å²) in [6.07, 6.45) is 2.31. The van der Waals surface area contributed by atoms with E-state index < -0.39 is 13.1 Å². The SMILES string of the molecule is CC(C)=CC=[As](c1ccccc1)(c1ccccc1)c1ccccc1. The van der Waals surface area contributed by atoms with Crippen LogP contribution in [-0.4, -0.2) is 17.9 Å². The van der Waals surface area contributed by atoms with Crippen LogP contribution in [-0.2, 0) is 0 Å². The zero-order valence-corrected chi connectivity index (χ0v) is 16.1. The van der Waals surface area contributed by atoms with Crippen molar-refractivity contribution < 1.29 is 0 Å². The summed E-state index contributed by atoms with van der Waals surface area (Å²) in [7, 11) is 0. The van der Waals surface area contributed by atoms with Crippen LogP contribution in [0.3, 0.4) is 0 Å². The van der Waals surface area contributed by atoms with Gasteiger partial charge in [-0.2, -0.15) is 0 Å². The summed E-state index contributed by atoms with van der Waals surface area (Å²) in [5, 5.41) is 0. The van der Waals surface area contributed by atoms with E-state index in [4.69, 9.17) is 0 Å². The standard InChI is InChI=1S/C23H23As/c1-20(2)18-19-24(21-12-6-3-7-13-21,22-14-8-4-9-15-22)23-16-10-5-11-17-23/h3-19H,1-2H3. The molecule has 3 aromatic rings. The van der Waals surface area contributed by atoms with E-state index in [0.29, 0.717) is 0 Å². The average molecular weight is 374 g/mol. The third-order valence-corrected chi connectivity index (χ3v) is 12.4. The Kier molecular flexibility index (Phi) is 5.28. The fourth-order valence-corrected chi connectivity index (χ4v) is 11.1. The molecule has 1 heteroatoms. The zero-order chi connectivity index (χ0) is 16.8. The molecule has 0 radical (unpaired) electrons. The van der Waals surface area contributed by atoms with Gasteiger partial charge in [0.25, 0.3) is 0 Å². The van der Waals surface area contributed by atoms with E-state index >= 15 is 0 Å². The van der Waals surface area contributed by atoms with E-state index in [0.717, 1.165) is 0 Å². The molecule has 0 unspecified atom stereocenters. The van der Waals surface area contributed by atoms with E-state index in [1.165, 1.54) is 18.6 Å². The van der Waals surface area contributed by atoms with E-state index in [1.807, 2.05) is 0 Å². The van der Waals surface area contributed by atoms with Gasteiger partial charge in [0, 0.05) is 0 Å². The van der Waals surface area contributed by atoms with Gasteiger partial charge in [-0.05, 0) is 0 Å². The summed E-state index contributed by atoms with van der Waals surface area (Å²) in [4.78, 5) is 2.51. The van der Waals surface area contributed by atoms with Crippen molar-refractivity contribution in [2.75, 3.05) is 0 Å². The maximum absolute atomic E-state index is 2.64. The molecule has 0 aliphatic carbocycles. The fourth-order valence-electron chi connectivity index (χ4n) is 2.96. The van der Waals surface area contributed by atoms with Crippen molar-refractivity contribution in [1.82, 2.24) is 0 Å². The molecule has 0 fully saturated rings. The first kappa shape index (κ1) is 16.7. The molecule has 120 valence electrons. The molecule has 0 atom stereocenters. The second-order valence-corrected chi connectivity index (χ2v) is 13.0. The predicted molar refractivity (Wildman–Crippen MR) is 109 cm³/mol. The van der Waals surface area contributed by atoms with Crippen molar-refractivity contribution in [3.05, 3.63) is 103 Å². The van der Waals surface area contributed by atoms with Crippen LogP contribution in [0.1, 0.15) is 13.8 Å². The minimum atomic E-state index is -2.64. The molecule has 0 heterocycles. The van der Waals surface area contributed by atoms with Crippen molar-refractivity contribution in [2.24, 2.45) is 0 Å². The second kappa shape index (κ2) is 7.60. The summed E-state index contributed by atoms with van der Waals surface area (Å²) in [5.74, 6) is 0. The summed E-state index contributed by atoms with van der Waals surface area (Å²) in [6.45, 7) is 4.34. The predicted octanol–water partition coefficient (Wildman–Crippen LogP) is 3.51. The second-order valence-electron chi connectivity index (χ2n) is 6.12. The third-order valence-electron chi connectivity index (χ3n) is 4.12. The molecule has 3 aromatic carbocycles. The van der Waals surface area contributed by atoms with E-state index in [2.05, 4.69) is 116 Å². The van der Waals surface area contributed by atoms with Gasteiger partial charge in [0.2, 0.25) is 0 Å². The Balaban J connectivity index is 2.42. The third kappa shape index (κ3) is 3.35. The van der Waals surface area contributed by atoms with Gasteiger partial charge in [-0.1, -0.05) is 0 Å². The molecule has 0 amide bonds. The van der Waals surface area contributed by atoms with Crippen LogP contribution >= 0.6 is 0 Å². The molecule has 24 heavy (non-hydrogen) atoms. The van der Waals surface area contributed by atoms with Crippen molar-refractivity contribution in [3.8, 4) is 0 Å². The molecular formula is C23H23As. The van der Waals surface area contributed by atoms with Crippen molar-refractivity contribution in [3.63, 3.8) is 0 Å². The molecular weight excluding hydrogens is 351 g/mol. The van der Waals surface area contributed by atoms with Crippen LogP contribution in [0.2, 0.25) is 0 Å². The van der Waals surface area contributed by atoms with Gasteiger partial charge >= 0.3 is 147 Å². The first-order valence-corrected chi connectivity index (χ1v) is 12.2. The first-order valence-electron chi connectivity index (χ1n) is 8.28. The number of allylic oxidation sites excluding steroid dienone is 2. The summed E-state index contributed by atoms with van der Waals surface area (Å²) in [5.41, 5.74) is 1.34. The van der Waals surface area contributed by atoms with Crippen LogP contribution in [0.4, 0.5) is 0 Å². The van der Waals surface area contributed by atoms with Gasteiger partial charge in [-0.15, -0.1) is 0 Å². The monoisotopic (exact) mass is 374 g/mol. The molecule has 0 saturated carbocycles. The number of rotatable bonds is 4. The van der Waals surface area contributed by atoms with Gasteiger partial charge in [-0.3, -0.25) is 0 Å². The van der Waals surface area contributed by atoms with Gasteiger partial charge < -0.3 is 0 Å². The van der Waals surface area contributed by atoms with E-state index in [9.17, 15) is 0 Å². The van der Waals surface area contributed by atoms with Crippen molar-refractivity contribution in [2.45, 2.75) is 13.8 Å². The van der Waals surface area contributed by atoms with Crippen LogP contribution in [0.25, 0.3) is 0 Å². The quantitative estimate of drug-likeness (QED) is 0.613. The molecule has 0 aromatic heterocycles. The maximum atomic E-state index is 2.51. The average Bonchev–Trinajstić information content (AvgIpc) is 2.65. The van der Waals surface area contributed by atoms with Gasteiger partial charge in [0.1, 0.15) is 0 Å². The Morgan fingerprint density at radius 2 is 0.917 bits per heavy atom. The Labute approximate surface area is 147 Å². The minimum absolute atomic E-state index is 1.34. The molecule has 0 aliphatic heterocycles. The van der Waals surface area contributed by atoms with E-state index in [1.54, 1.807) is 0 Å². The Bertz CT molecular complexity index is 752. The molecule has 0 bridgehead atoms. The number of hydrogen-bond acceptors (Lipinski definition) is 0. The summed E-state index contributed by atoms with van der Waals surface area (Å²) >= 11 is -2.64.